The summed E-state index contributed by atoms with van der Waals surface area (Å²) in [5.74, 6) is 0.117. The molecule has 0 aliphatic carbocycles. The molecule has 18 heavy (non-hydrogen) atoms. The standard InChI is InChI=1S/C14H23N3O/c1-12-7-9-16-10-13(12)11-17-14(18)6-4-2-3-5-8-15/h7,9-10H,2-6,8,11,15H2,1H3,(H,17,18). The predicted molar refractivity (Wildman–Crippen MR) is 73.0 cm³/mol. The molecule has 4 nitrogen and oxygen atoms in total. The number of nitrogens with zero attached hydrogens (tertiary/aromatic N) is 1. The second-order valence-electron chi connectivity index (χ2n) is 4.53. The van der Waals surface area contributed by atoms with Gasteiger partial charge in [-0.2, -0.15) is 0 Å². The molecular weight excluding hydrogens is 226 g/mol. The van der Waals surface area contributed by atoms with E-state index in [2.05, 4.69) is 10.3 Å². The van der Waals surface area contributed by atoms with Crippen LogP contribution in [0.3, 0.4) is 0 Å². The summed E-state index contributed by atoms with van der Waals surface area (Å²) in [4.78, 5) is 15.7. The Morgan fingerprint density at radius 2 is 2.11 bits per heavy atom. The van der Waals surface area contributed by atoms with Gasteiger partial charge in [0, 0.05) is 25.4 Å². The average Bonchev–Trinajstić information content (AvgIpc) is 2.37. The molecule has 1 rings (SSSR count). The van der Waals surface area contributed by atoms with Crippen molar-refractivity contribution in [3.63, 3.8) is 0 Å². The fourth-order valence-corrected chi connectivity index (χ4v) is 1.75. The number of pyridine rings is 1. The number of nitrogens with one attached hydrogen (secondary N) is 1. The van der Waals surface area contributed by atoms with E-state index >= 15 is 0 Å². The fourth-order valence-electron chi connectivity index (χ4n) is 1.75. The minimum absolute atomic E-state index is 0.117. The highest BCUT2D eigenvalue weighted by Gasteiger charge is 2.02. The minimum Gasteiger partial charge on any atom is -0.352 e. The quantitative estimate of drug-likeness (QED) is 0.692. The maximum Gasteiger partial charge on any atom is 0.220 e. The zero-order valence-electron chi connectivity index (χ0n) is 11.1. The number of aryl methyl sites for hydroxylation is 1. The monoisotopic (exact) mass is 249 g/mol. The van der Waals surface area contributed by atoms with E-state index in [1.807, 2.05) is 13.0 Å². The molecule has 0 aromatic carbocycles. The molecule has 0 atom stereocenters. The molecule has 0 spiro atoms. The van der Waals surface area contributed by atoms with Crippen molar-refractivity contribution >= 4 is 5.91 Å². The van der Waals surface area contributed by atoms with Crippen LogP contribution in [-0.2, 0) is 11.3 Å². The van der Waals surface area contributed by atoms with Crippen LogP contribution in [0.2, 0.25) is 0 Å². The van der Waals surface area contributed by atoms with Gasteiger partial charge in [-0.05, 0) is 43.5 Å². The van der Waals surface area contributed by atoms with Crippen LogP contribution in [-0.4, -0.2) is 17.4 Å². The number of hydrogen-bond donors (Lipinski definition) is 2. The highest BCUT2D eigenvalue weighted by molar-refractivity contribution is 5.75. The van der Waals surface area contributed by atoms with Gasteiger partial charge in [0.1, 0.15) is 0 Å². The van der Waals surface area contributed by atoms with Crippen molar-refractivity contribution in [1.82, 2.24) is 10.3 Å². The number of rotatable bonds is 8. The van der Waals surface area contributed by atoms with Crippen molar-refractivity contribution in [1.29, 1.82) is 0 Å². The van der Waals surface area contributed by atoms with Crippen LogP contribution in [0.4, 0.5) is 0 Å². The lowest BCUT2D eigenvalue weighted by molar-refractivity contribution is -0.121. The van der Waals surface area contributed by atoms with E-state index in [4.69, 9.17) is 5.73 Å². The molecule has 4 heteroatoms. The second-order valence-corrected chi connectivity index (χ2v) is 4.53. The van der Waals surface area contributed by atoms with E-state index in [1.165, 1.54) is 0 Å². The fraction of sp³-hybridized carbons (Fsp3) is 0.571. The van der Waals surface area contributed by atoms with E-state index in [0.29, 0.717) is 13.0 Å². The third-order valence-corrected chi connectivity index (χ3v) is 2.98. The molecule has 0 aliphatic heterocycles. The highest BCUT2D eigenvalue weighted by Crippen LogP contribution is 2.05. The number of unbranched alkanes of at least 4 members (excludes halogenated alkanes) is 3. The molecule has 1 heterocycles. The van der Waals surface area contributed by atoms with Gasteiger partial charge in [-0.1, -0.05) is 12.8 Å². The van der Waals surface area contributed by atoms with Crippen LogP contribution in [0.15, 0.2) is 18.5 Å². The van der Waals surface area contributed by atoms with Crippen molar-refractivity contribution in [2.24, 2.45) is 5.73 Å². The molecule has 0 bridgehead atoms. The Balaban J connectivity index is 2.15. The molecule has 1 aromatic rings. The van der Waals surface area contributed by atoms with E-state index < -0.39 is 0 Å². The van der Waals surface area contributed by atoms with Crippen LogP contribution in [0.5, 0.6) is 0 Å². The Labute approximate surface area is 109 Å². The van der Waals surface area contributed by atoms with Gasteiger partial charge in [0.2, 0.25) is 5.91 Å². The van der Waals surface area contributed by atoms with Gasteiger partial charge < -0.3 is 11.1 Å². The number of carbonyl (C=O) groups excluding carboxylic acids is 1. The Morgan fingerprint density at radius 3 is 2.83 bits per heavy atom. The summed E-state index contributed by atoms with van der Waals surface area (Å²) in [6.07, 6.45) is 8.36. The minimum atomic E-state index is 0.117. The summed E-state index contributed by atoms with van der Waals surface area (Å²) in [5.41, 5.74) is 7.65. The first kappa shape index (κ1) is 14.6. The normalized spacial score (nSPS) is 10.3. The van der Waals surface area contributed by atoms with Gasteiger partial charge in [0.05, 0.1) is 0 Å². The first-order valence-corrected chi connectivity index (χ1v) is 6.60. The molecule has 0 unspecified atom stereocenters. The van der Waals surface area contributed by atoms with Gasteiger partial charge in [-0.25, -0.2) is 0 Å². The van der Waals surface area contributed by atoms with Gasteiger partial charge in [-0.3, -0.25) is 9.78 Å². The SMILES string of the molecule is Cc1ccncc1CNC(=O)CCCCCCN. The summed E-state index contributed by atoms with van der Waals surface area (Å²) < 4.78 is 0. The molecule has 1 aromatic heterocycles. The summed E-state index contributed by atoms with van der Waals surface area (Å²) in [7, 11) is 0. The van der Waals surface area contributed by atoms with E-state index in [-0.39, 0.29) is 5.91 Å². The lowest BCUT2D eigenvalue weighted by Gasteiger charge is -2.07. The Morgan fingerprint density at radius 1 is 1.33 bits per heavy atom. The third-order valence-electron chi connectivity index (χ3n) is 2.98. The van der Waals surface area contributed by atoms with Crippen LogP contribution in [0, 0.1) is 6.92 Å². The summed E-state index contributed by atoms with van der Waals surface area (Å²) in [6, 6.07) is 1.95. The van der Waals surface area contributed by atoms with Crippen molar-refractivity contribution < 1.29 is 4.79 Å². The molecule has 3 N–H and O–H groups in total. The number of nitrogens with two attached hydrogens (primary N) is 1. The number of aromatic nitrogens is 1. The topological polar surface area (TPSA) is 68.0 Å². The second kappa shape index (κ2) is 8.64. The first-order chi connectivity index (χ1) is 8.74. The maximum absolute atomic E-state index is 11.6. The lowest BCUT2D eigenvalue weighted by Crippen LogP contribution is -2.22. The molecular formula is C14H23N3O. The first-order valence-electron chi connectivity index (χ1n) is 6.60. The zero-order chi connectivity index (χ0) is 13.2. The molecule has 0 aliphatic rings. The van der Waals surface area contributed by atoms with Crippen LogP contribution in [0.1, 0.15) is 43.2 Å². The highest BCUT2D eigenvalue weighted by atomic mass is 16.1. The average molecular weight is 249 g/mol. The molecule has 100 valence electrons. The van der Waals surface area contributed by atoms with Crippen molar-refractivity contribution in [2.75, 3.05) is 6.54 Å². The number of amides is 1. The van der Waals surface area contributed by atoms with Gasteiger partial charge in [0.15, 0.2) is 0 Å². The molecule has 0 saturated carbocycles. The van der Waals surface area contributed by atoms with Crippen LogP contribution >= 0.6 is 0 Å². The molecule has 0 fully saturated rings. The van der Waals surface area contributed by atoms with Crippen molar-refractivity contribution in [2.45, 2.75) is 45.6 Å². The third kappa shape index (κ3) is 5.77. The van der Waals surface area contributed by atoms with Crippen LogP contribution < -0.4 is 11.1 Å². The van der Waals surface area contributed by atoms with Gasteiger partial charge in [0.25, 0.3) is 0 Å². The van der Waals surface area contributed by atoms with Gasteiger partial charge in [-0.15, -0.1) is 0 Å². The van der Waals surface area contributed by atoms with Crippen molar-refractivity contribution in [3.8, 4) is 0 Å². The summed E-state index contributed by atoms with van der Waals surface area (Å²) >= 11 is 0. The smallest absolute Gasteiger partial charge is 0.220 e. The largest absolute Gasteiger partial charge is 0.352 e. The molecule has 0 saturated heterocycles. The number of hydrogen-bond acceptors (Lipinski definition) is 3. The van der Waals surface area contributed by atoms with E-state index in [9.17, 15) is 4.79 Å². The molecule has 1 amide bonds. The zero-order valence-corrected chi connectivity index (χ0v) is 11.1. The van der Waals surface area contributed by atoms with E-state index in [1.54, 1.807) is 12.4 Å². The predicted octanol–water partition coefficient (Wildman–Crippen LogP) is 1.92. The van der Waals surface area contributed by atoms with Crippen LogP contribution in [0.25, 0.3) is 0 Å². The van der Waals surface area contributed by atoms with Gasteiger partial charge >= 0.3 is 0 Å². The Hall–Kier alpha value is -1.42. The summed E-state index contributed by atoms with van der Waals surface area (Å²) in [5, 5.41) is 2.93. The Bertz CT molecular complexity index is 366. The maximum atomic E-state index is 11.6. The number of carbonyl (C=O) groups is 1. The summed E-state index contributed by atoms with van der Waals surface area (Å²) in [6.45, 7) is 3.34. The lowest BCUT2D eigenvalue weighted by atomic mass is 10.1. The molecule has 0 radical (unpaired) electrons. The van der Waals surface area contributed by atoms with E-state index in [0.717, 1.165) is 43.4 Å². The van der Waals surface area contributed by atoms with Crippen molar-refractivity contribution in [3.05, 3.63) is 29.6 Å². The Kier molecular flexibility index (Phi) is 7.03.